The Balaban J connectivity index is 2.42. The molecule has 0 aliphatic heterocycles. The van der Waals surface area contributed by atoms with E-state index >= 15 is 0 Å². The van der Waals surface area contributed by atoms with E-state index in [4.69, 9.17) is 4.74 Å². The molecule has 0 radical (unpaired) electrons. The van der Waals surface area contributed by atoms with Gasteiger partial charge in [-0.1, -0.05) is 0 Å². The fraction of sp³-hybridized carbons (Fsp3) is 0.533. The number of carbonyl (C=O) groups is 1. The van der Waals surface area contributed by atoms with Gasteiger partial charge in [0.2, 0.25) is 5.91 Å². The zero-order chi connectivity index (χ0) is 16.0. The van der Waals surface area contributed by atoms with E-state index in [0.29, 0.717) is 19.5 Å². The van der Waals surface area contributed by atoms with Gasteiger partial charge in [-0.3, -0.25) is 4.79 Å². The van der Waals surface area contributed by atoms with Gasteiger partial charge in [0.15, 0.2) is 0 Å². The van der Waals surface area contributed by atoms with Crippen molar-refractivity contribution in [3.63, 3.8) is 0 Å². The molecule has 2 N–H and O–H groups in total. The second-order valence-corrected chi connectivity index (χ2v) is 7.53. The topological polar surface area (TPSA) is 50.4 Å². The molecule has 0 aromatic heterocycles. The van der Waals surface area contributed by atoms with Gasteiger partial charge in [-0.05, 0) is 70.3 Å². The quantitative estimate of drug-likeness (QED) is 0.689. The molecule has 1 aromatic rings. The maximum Gasteiger partial charge on any atom is 0.221 e. The largest absolute Gasteiger partial charge is 0.494 e. The molecule has 0 bridgehead atoms. The number of ether oxygens (including phenoxy) is 1. The Morgan fingerprint density at radius 1 is 1.24 bits per heavy atom. The monoisotopic (exact) mass is 420 g/mol. The van der Waals surface area contributed by atoms with E-state index in [1.165, 1.54) is 0 Å². The number of rotatable bonds is 6. The Labute approximate surface area is 143 Å². The van der Waals surface area contributed by atoms with E-state index in [1.54, 1.807) is 7.11 Å². The predicted octanol–water partition coefficient (Wildman–Crippen LogP) is 3.61. The highest BCUT2D eigenvalue weighted by Gasteiger charge is 2.13. The van der Waals surface area contributed by atoms with Crippen molar-refractivity contribution in [3.05, 3.63) is 26.6 Å². The number of benzene rings is 1. The summed E-state index contributed by atoms with van der Waals surface area (Å²) >= 11 is 6.95. The van der Waals surface area contributed by atoms with Crippen LogP contribution in [0.2, 0.25) is 0 Å². The van der Waals surface area contributed by atoms with Crippen molar-refractivity contribution in [2.24, 2.45) is 0 Å². The van der Waals surface area contributed by atoms with Gasteiger partial charge in [-0.2, -0.15) is 0 Å². The summed E-state index contributed by atoms with van der Waals surface area (Å²) in [5.41, 5.74) is 0.939. The third-order valence-electron chi connectivity index (χ3n) is 2.63. The summed E-state index contributed by atoms with van der Waals surface area (Å²) < 4.78 is 7.08. The van der Waals surface area contributed by atoms with Crippen LogP contribution >= 0.6 is 31.9 Å². The zero-order valence-corrected chi connectivity index (χ0v) is 16.0. The Kier molecular flexibility index (Phi) is 7.16. The SMILES string of the molecule is COc1c(Br)cc(CNCCC(=O)NC(C)(C)C)cc1Br. The van der Waals surface area contributed by atoms with Crippen molar-refractivity contribution in [2.75, 3.05) is 13.7 Å². The normalized spacial score (nSPS) is 11.3. The number of hydrogen-bond acceptors (Lipinski definition) is 3. The summed E-state index contributed by atoms with van der Waals surface area (Å²) in [7, 11) is 1.64. The van der Waals surface area contributed by atoms with E-state index in [2.05, 4.69) is 42.5 Å². The first-order valence-corrected chi connectivity index (χ1v) is 8.35. The minimum atomic E-state index is -0.178. The highest BCUT2D eigenvalue weighted by molar-refractivity contribution is 9.11. The summed E-state index contributed by atoms with van der Waals surface area (Å²) in [6.07, 6.45) is 0.468. The number of nitrogens with one attached hydrogen (secondary N) is 2. The van der Waals surface area contributed by atoms with Gasteiger partial charge in [0.25, 0.3) is 0 Å². The average molecular weight is 422 g/mol. The molecule has 118 valence electrons. The molecule has 0 fully saturated rings. The molecule has 0 unspecified atom stereocenters. The number of amides is 1. The third-order valence-corrected chi connectivity index (χ3v) is 3.81. The lowest BCUT2D eigenvalue weighted by Crippen LogP contribution is -2.41. The minimum Gasteiger partial charge on any atom is -0.494 e. The fourth-order valence-corrected chi connectivity index (χ4v) is 3.43. The first-order valence-electron chi connectivity index (χ1n) is 6.76. The molecule has 0 saturated carbocycles. The molecule has 21 heavy (non-hydrogen) atoms. The predicted molar refractivity (Wildman–Crippen MR) is 92.6 cm³/mol. The summed E-state index contributed by atoms with van der Waals surface area (Å²) in [5, 5.41) is 6.21. The van der Waals surface area contributed by atoms with Crippen molar-refractivity contribution in [3.8, 4) is 5.75 Å². The summed E-state index contributed by atoms with van der Waals surface area (Å²) in [6.45, 7) is 7.27. The molecule has 6 heteroatoms. The number of methoxy groups -OCH3 is 1. The molecular weight excluding hydrogens is 400 g/mol. The molecular formula is C15H22Br2N2O2. The highest BCUT2D eigenvalue weighted by Crippen LogP contribution is 2.34. The van der Waals surface area contributed by atoms with Gasteiger partial charge in [-0.25, -0.2) is 0 Å². The lowest BCUT2D eigenvalue weighted by atomic mass is 10.1. The van der Waals surface area contributed by atoms with Gasteiger partial charge in [0.05, 0.1) is 16.1 Å². The summed E-state index contributed by atoms with van der Waals surface area (Å²) in [4.78, 5) is 11.7. The fourth-order valence-electron chi connectivity index (χ4n) is 1.82. The van der Waals surface area contributed by atoms with Crippen molar-refractivity contribution in [1.82, 2.24) is 10.6 Å². The van der Waals surface area contributed by atoms with Crippen molar-refractivity contribution in [2.45, 2.75) is 39.3 Å². The average Bonchev–Trinajstić information content (AvgIpc) is 2.32. The molecule has 0 heterocycles. The van der Waals surface area contributed by atoms with Crippen LogP contribution in [0.15, 0.2) is 21.1 Å². The molecule has 1 aromatic carbocycles. The van der Waals surface area contributed by atoms with E-state index in [1.807, 2.05) is 32.9 Å². The third kappa shape index (κ3) is 6.80. The maximum atomic E-state index is 11.7. The van der Waals surface area contributed by atoms with Crippen molar-refractivity contribution in [1.29, 1.82) is 0 Å². The molecule has 0 aliphatic rings. The van der Waals surface area contributed by atoms with Crippen molar-refractivity contribution >= 4 is 37.8 Å². The van der Waals surface area contributed by atoms with Crippen LogP contribution in [0, 0.1) is 0 Å². The van der Waals surface area contributed by atoms with Crippen molar-refractivity contribution < 1.29 is 9.53 Å². The van der Waals surface area contributed by atoms with Crippen LogP contribution in [0.3, 0.4) is 0 Å². The standard InChI is InChI=1S/C15H22Br2N2O2/c1-15(2,3)19-13(20)5-6-18-9-10-7-11(16)14(21-4)12(17)8-10/h7-8,18H,5-6,9H2,1-4H3,(H,19,20). The smallest absolute Gasteiger partial charge is 0.221 e. The van der Waals surface area contributed by atoms with Crippen LogP contribution in [0.25, 0.3) is 0 Å². The Morgan fingerprint density at radius 3 is 2.29 bits per heavy atom. The van der Waals surface area contributed by atoms with E-state index < -0.39 is 0 Å². The molecule has 1 rings (SSSR count). The lowest BCUT2D eigenvalue weighted by Gasteiger charge is -2.20. The lowest BCUT2D eigenvalue weighted by molar-refractivity contribution is -0.122. The molecule has 0 aliphatic carbocycles. The summed E-state index contributed by atoms with van der Waals surface area (Å²) in [5.74, 6) is 0.843. The molecule has 0 atom stereocenters. The van der Waals surface area contributed by atoms with Gasteiger partial charge >= 0.3 is 0 Å². The maximum absolute atomic E-state index is 11.7. The Morgan fingerprint density at radius 2 is 1.81 bits per heavy atom. The van der Waals surface area contributed by atoms with E-state index in [9.17, 15) is 4.79 Å². The van der Waals surface area contributed by atoms with Gasteiger partial charge in [-0.15, -0.1) is 0 Å². The number of halogens is 2. The minimum absolute atomic E-state index is 0.0621. The van der Waals surface area contributed by atoms with Crippen LogP contribution in [0.5, 0.6) is 5.75 Å². The molecule has 0 spiro atoms. The summed E-state index contributed by atoms with van der Waals surface area (Å²) in [6, 6.07) is 4.01. The van der Waals surface area contributed by atoms with Crippen LogP contribution in [-0.2, 0) is 11.3 Å². The van der Waals surface area contributed by atoms with Gasteiger partial charge < -0.3 is 15.4 Å². The Bertz CT molecular complexity index is 476. The van der Waals surface area contributed by atoms with Crippen LogP contribution in [0.1, 0.15) is 32.8 Å². The highest BCUT2D eigenvalue weighted by atomic mass is 79.9. The second-order valence-electron chi connectivity index (χ2n) is 5.82. The first kappa shape index (κ1) is 18.5. The Hall–Kier alpha value is -0.590. The van der Waals surface area contributed by atoms with Crippen LogP contribution in [0.4, 0.5) is 0 Å². The van der Waals surface area contributed by atoms with Crippen LogP contribution in [-0.4, -0.2) is 25.1 Å². The molecule has 4 nitrogen and oxygen atoms in total. The van der Waals surface area contributed by atoms with E-state index in [0.717, 1.165) is 20.3 Å². The molecule has 1 amide bonds. The number of hydrogen-bond donors (Lipinski definition) is 2. The molecule has 0 saturated heterocycles. The zero-order valence-electron chi connectivity index (χ0n) is 12.8. The van der Waals surface area contributed by atoms with Crippen LogP contribution < -0.4 is 15.4 Å². The van der Waals surface area contributed by atoms with E-state index in [-0.39, 0.29) is 11.4 Å². The van der Waals surface area contributed by atoms with Gasteiger partial charge in [0.1, 0.15) is 5.75 Å². The first-order chi connectivity index (χ1) is 9.73. The number of carbonyl (C=O) groups excluding carboxylic acids is 1. The van der Waals surface area contributed by atoms with Gasteiger partial charge in [0, 0.05) is 25.0 Å². The second kappa shape index (κ2) is 8.15.